The van der Waals surface area contributed by atoms with Gasteiger partial charge in [0.2, 0.25) is 5.82 Å². The van der Waals surface area contributed by atoms with Crippen molar-refractivity contribution in [3.05, 3.63) is 58.9 Å². The summed E-state index contributed by atoms with van der Waals surface area (Å²) in [5, 5.41) is 8.28. The molecule has 2 aromatic heterocycles. The van der Waals surface area contributed by atoms with E-state index in [4.69, 9.17) is 4.74 Å². The van der Waals surface area contributed by atoms with Crippen molar-refractivity contribution < 1.29 is 27.1 Å². The fourth-order valence-electron chi connectivity index (χ4n) is 4.24. The van der Waals surface area contributed by atoms with E-state index < -0.39 is 35.5 Å². The van der Waals surface area contributed by atoms with E-state index >= 15 is 0 Å². The molecule has 12 heteroatoms. The lowest BCUT2D eigenvalue weighted by Crippen LogP contribution is -2.56. The van der Waals surface area contributed by atoms with E-state index in [-0.39, 0.29) is 36.7 Å². The van der Waals surface area contributed by atoms with Crippen LogP contribution in [0.15, 0.2) is 30.6 Å². The number of nitrogens with zero attached hydrogens (tertiary/aromatic N) is 6. The Balaban J connectivity index is 1.54. The number of fused-ring (bicyclic) bond motifs is 4. The van der Waals surface area contributed by atoms with Gasteiger partial charge >= 0.3 is 6.18 Å². The van der Waals surface area contributed by atoms with Crippen molar-refractivity contribution in [2.45, 2.75) is 31.7 Å². The van der Waals surface area contributed by atoms with Crippen LogP contribution in [0.1, 0.15) is 33.4 Å². The molecular weight excluding hydrogens is 432 g/mol. The van der Waals surface area contributed by atoms with Gasteiger partial charge in [-0.15, -0.1) is 10.2 Å². The number of carbonyl (C=O) groups excluding carboxylic acids is 1. The summed E-state index contributed by atoms with van der Waals surface area (Å²) in [5.74, 6) is -0.217. The maximum atomic E-state index is 13.4. The van der Waals surface area contributed by atoms with Gasteiger partial charge in [-0.3, -0.25) is 4.79 Å². The van der Waals surface area contributed by atoms with Crippen LogP contribution in [0.5, 0.6) is 0 Å². The summed E-state index contributed by atoms with van der Waals surface area (Å²) in [6, 6.07) is 2.47. The normalized spacial score (nSPS) is 20.2. The molecule has 0 spiro atoms. The van der Waals surface area contributed by atoms with Crippen molar-refractivity contribution in [1.29, 1.82) is 0 Å². The molecule has 2 aliphatic heterocycles. The molecule has 1 fully saturated rings. The minimum Gasteiger partial charge on any atom is -0.377 e. The Kier molecular flexibility index (Phi) is 4.69. The van der Waals surface area contributed by atoms with Gasteiger partial charge in [0.1, 0.15) is 6.04 Å². The number of carbonyl (C=O) groups is 1. The fraction of sp³-hybridized carbons (Fsp3) is 0.350. The van der Waals surface area contributed by atoms with Crippen LogP contribution in [-0.2, 0) is 17.5 Å². The molecule has 4 heterocycles. The van der Waals surface area contributed by atoms with Crippen LogP contribution >= 0.6 is 0 Å². The Labute approximate surface area is 178 Å². The molecular formula is C20H16F4N6O2. The maximum absolute atomic E-state index is 13.4. The number of alkyl halides is 3. The van der Waals surface area contributed by atoms with E-state index in [1.807, 2.05) is 0 Å². The zero-order chi connectivity index (χ0) is 22.6. The second-order valence-corrected chi connectivity index (χ2v) is 7.61. The molecule has 0 aliphatic carbocycles. The standard InChI is InChI=1S/C20H16F4N6O2/c1-10-13(3-2-4-14(10)20(22,23)24)19(31)30-12-7-29-17(15(30)9-32-8-12)27-28-18(29)16-25-5-11(21)6-26-16/h2-6,12,15H,7-9H2,1H3/t12-,15+/m0/s1. The Bertz CT molecular complexity index is 1190. The molecule has 166 valence electrons. The highest BCUT2D eigenvalue weighted by Gasteiger charge is 2.45. The third-order valence-electron chi connectivity index (χ3n) is 5.71. The highest BCUT2D eigenvalue weighted by Crippen LogP contribution is 2.37. The van der Waals surface area contributed by atoms with Crippen LogP contribution in [0.2, 0.25) is 0 Å². The molecule has 1 saturated heterocycles. The summed E-state index contributed by atoms with van der Waals surface area (Å²) in [6.07, 6.45) is -2.53. The molecule has 0 radical (unpaired) electrons. The van der Waals surface area contributed by atoms with Crippen LogP contribution in [0.25, 0.3) is 11.6 Å². The Morgan fingerprint density at radius 3 is 2.62 bits per heavy atom. The third-order valence-corrected chi connectivity index (χ3v) is 5.71. The van der Waals surface area contributed by atoms with Crippen LogP contribution in [0, 0.1) is 12.7 Å². The van der Waals surface area contributed by atoms with Gasteiger partial charge in [-0.1, -0.05) is 6.07 Å². The Morgan fingerprint density at radius 2 is 1.91 bits per heavy atom. The predicted octanol–water partition coefficient (Wildman–Crippen LogP) is 2.80. The number of hydrogen-bond donors (Lipinski definition) is 0. The third kappa shape index (κ3) is 3.22. The SMILES string of the molecule is Cc1c(C(=O)N2[C@@H]3COC[C@@H]2c2nnc(-c4ncc(F)cn4)n2C3)cccc1C(F)(F)F. The molecule has 1 amide bonds. The van der Waals surface area contributed by atoms with Crippen LogP contribution in [0.3, 0.4) is 0 Å². The molecule has 2 aliphatic rings. The van der Waals surface area contributed by atoms with E-state index in [9.17, 15) is 22.4 Å². The average Bonchev–Trinajstić information content (AvgIpc) is 3.16. The largest absolute Gasteiger partial charge is 0.416 e. The number of hydrogen-bond acceptors (Lipinski definition) is 6. The Morgan fingerprint density at radius 1 is 1.16 bits per heavy atom. The topological polar surface area (TPSA) is 86.0 Å². The molecule has 0 unspecified atom stereocenters. The number of benzene rings is 1. The first-order chi connectivity index (χ1) is 15.3. The van der Waals surface area contributed by atoms with Crippen molar-refractivity contribution >= 4 is 5.91 Å². The minimum absolute atomic E-state index is 0.0215. The summed E-state index contributed by atoms with van der Waals surface area (Å²) in [5.41, 5.74) is -0.996. The van der Waals surface area contributed by atoms with Crippen LogP contribution in [0.4, 0.5) is 17.6 Å². The fourth-order valence-corrected chi connectivity index (χ4v) is 4.24. The second-order valence-electron chi connectivity index (χ2n) is 7.61. The van der Waals surface area contributed by atoms with Gasteiger partial charge in [-0.2, -0.15) is 13.2 Å². The van der Waals surface area contributed by atoms with Crippen molar-refractivity contribution in [1.82, 2.24) is 29.6 Å². The summed E-state index contributed by atoms with van der Waals surface area (Å²) in [6.45, 7) is 1.83. The molecule has 5 rings (SSSR count). The lowest BCUT2D eigenvalue weighted by Gasteiger charge is -2.45. The molecule has 8 nitrogen and oxygen atoms in total. The van der Waals surface area contributed by atoms with E-state index in [2.05, 4.69) is 20.2 Å². The monoisotopic (exact) mass is 448 g/mol. The van der Waals surface area contributed by atoms with E-state index in [1.54, 1.807) is 4.57 Å². The number of ether oxygens (including phenoxy) is 1. The average molecular weight is 448 g/mol. The lowest BCUT2D eigenvalue weighted by atomic mass is 9.97. The summed E-state index contributed by atoms with van der Waals surface area (Å²) >= 11 is 0. The number of halogens is 4. The highest BCUT2D eigenvalue weighted by molar-refractivity contribution is 5.96. The van der Waals surface area contributed by atoms with Gasteiger partial charge in [0.15, 0.2) is 17.5 Å². The zero-order valence-corrected chi connectivity index (χ0v) is 16.7. The first kappa shape index (κ1) is 20.5. The van der Waals surface area contributed by atoms with E-state index in [1.165, 1.54) is 24.0 Å². The van der Waals surface area contributed by atoms with E-state index in [0.717, 1.165) is 18.5 Å². The van der Waals surface area contributed by atoms with Gasteiger partial charge in [0.05, 0.1) is 37.2 Å². The van der Waals surface area contributed by atoms with Gasteiger partial charge in [-0.25, -0.2) is 14.4 Å². The molecule has 0 N–H and O–H groups in total. The minimum atomic E-state index is -4.56. The van der Waals surface area contributed by atoms with Gasteiger partial charge in [0.25, 0.3) is 5.91 Å². The zero-order valence-electron chi connectivity index (χ0n) is 16.7. The molecule has 2 bridgehead atoms. The van der Waals surface area contributed by atoms with Crippen LogP contribution in [-0.4, -0.2) is 54.8 Å². The molecule has 1 aromatic carbocycles. The molecule has 0 saturated carbocycles. The summed E-state index contributed by atoms with van der Waals surface area (Å²) in [7, 11) is 0. The first-order valence-corrected chi connectivity index (χ1v) is 9.74. The van der Waals surface area contributed by atoms with Crippen LogP contribution < -0.4 is 0 Å². The summed E-state index contributed by atoms with van der Waals surface area (Å²) in [4.78, 5) is 22.8. The van der Waals surface area contributed by atoms with Crippen molar-refractivity contribution in [3.8, 4) is 11.6 Å². The molecule has 32 heavy (non-hydrogen) atoms. The molecule has 2 atom stereocenters. The maximum Gasteiger partial charge on any atom is 0.416 e. The van der Waals surface area contributed by atoms with Gasteiger partial charge in [-0.05, 0) is 24.6 Å². The van der Waals surface area contributed by atoms with Crippen molar-refractivity contribution in [3.63, 3.8) is 0 Å². The molecule has 3 aromatic rings. The Hall–Kier alpha value is -3.41. The van der Waals surface area contributed by atoms with Crippen molar-refractivity contribution in [2.75, 3.05) is 13.2 Å². The number of morpholine rings is 1. The van der Waals surface area contributed by atoms with Gasteiger partial charge < -0.3 is 14.2 Å². The van der Waals surface area contributed by atoms with Gasteiger partial charge in [0, 0.05) is 12.1 Å². The number of aromatic nitrogens is 5. The predicted molar refractivity (Wildman–Crippen MR) is 101 cm³/mol. The van der Waals surface area contributed by atoms with E-state index in [0.29, 0.717) is 11.6 Å². The van der Waals surface area contributed by atoms with Crippen molar-refractivity contribution in [2.24, 2.45) is 0 Å². The quantitative estimate of drug-likeness (QED) is 0.561. The first-order valence-electron chi connectivity index (χ1n) is 9.74. The summed E-state index contributed by atoms with van der Waals surface area (Å²) < 4.78 is 60.6. The number of rotatable bonds is 2. The highest BCUT2D eigenvalue weighted by atomic mass is 19.4. The number of amides is 1. The lowest BCUT2D eigenvalue weighted by molar-refractivity contribution is -0.138. The smallest absolute Gasteiger partial charge is 0.377 e. The second kappa shape index (κ2) is 7.33.